The number of benzene rings is 3. The molecule has 18 heteroatoms. The summed E-state index contributed by atoms with van der Waals surface area (Å²) in [5.74, 6) is -16.8. The van der Waals surface area contributed by atoms with Crippen molar-refractivity contribution >= 4 is 17.9 Å². The molecule has 6 N–H and O–H groups in total. The maximum Gasteiger partial charge on any atom is 0.323 e. The highest BCUT2D eigenvalue weighted by atomic mass is 16.6. The van der Waals surface area contributed by atoms with Gasteiger partial charge in [0.15, 0.2) is 34.5 Å². The van der Waals surface area contributed by atoms with Gasteiger partial charge in [0.2, 0.25) is 0 Å². The van der Waals surface area contributed by atoms with Gasteiger partial charge in [-0.25, -0.2) is 0 Å². The zero-order valence-electron chi connectivity index (χ0n) is 84.4. The Hall–Kier alpha value is -5.37. The van der Waals surface area contributed by atoms with Crippen LogP contribution in [0, 0.1) is 53.2 Å². The predicted octanol–water partition coefficient (Wildman–Crippen LogP) is 10.7. The zero-order chi connectivity index (χ0) is 92.1. The van der Waals surface area contributed by atoms with Crippen molar-refractivity contribution in [3.8, 4) is 34.5 Å². The van der Waals surface area contributed by atoms with Crippen LogP contribution in [0.3, 0.4) is 0 Å². The molecule has 18 nitrogen and oxygen atoms in total. The molecule has 3 saturated heterocycles. The molecule has 3 aromatic rings. The number of piperidine rings is 3. The Labute approximate surface area is 581 Å². The molecule has 0 spiro atoms. The van der Waals surface area contributed by atoms with E-state index in [2.05, 4.69) is 0 Å². The molecule has 0 radical (unpaired) electrons. The van der Waals surface area contributed by atoms with Crippen LogP contribution >= 0.6 is 0 Å². The first kappa shape index (κ1) is 40.7. The van der Waals surface area contributed by atoms with E-state index in [0.29, 0.717) is 29.7 Å². The van der Waals surface area contributed by atoms with Gasteiger partial charge in [0.1, 0.15) is 36.4 Å². The van der Waals surface area contributed by atoms with Crippen molar-refractivity contribution in [3.05, 3.63) is 69.6 Å². The largest absolute Gasteiger partial charge is 0.493 e. The molecule has 6 heterocycles. The number of fused-ring (bicyclic) bond motifs is 9. The van der Waals surface area contributed by atoms with Crippen LogP contribution in [-0.2, 0) is 47.9 Å². The van der Waals surface area contributed by atoms with Gasteiger partial charge in [-0.05, 0) is 143 Å². The van der Waals surface area contributed by atoms with Gasteiger partial charge >= 0.3 is 17.9 Å². The third-order valence-electron chi connectivity index (χ3n) is 16.9. The number of nitrogens with two attached hydrogens (primary N) is 3. The summed E-state index contributed by atoms with van der Waals surface area (Å²) in [5.41, 5.74) is 19.9. The van der Waals surface area contributed by atoms with Crippen molar-refractivity contribution in [2.75, 3.05) is 81.9 Å². The number of methoxy groups -OCH3 is 6. The summed E-state index contributed by atoms with van der Waals surface area (Å²) in [5, 5.41) is 0. The van der Waals surface area contributed by atoms with E-state index in [9.17, 15) is 18.5 Å². The highest BCUT2D eigenvalue weighted by Gasteiger charge is 2.45. The molecule has 6 aliphatic rings. The molecule has 9 rings (SSSR count). The number of ether oxygens (including phenoxy) is 9. The van der Waals surface area contributed by atoms with Gasteiger partial charge < -0.3 is 59.8 Å². The van der Waals surface area contributed by atoms with E-state index < -0.39 is 173 Å². The first-order chi connectivity index (χ1) is 54.4. The second-order valence-electron chi connectivity index (χ2n) is 24.3. The number of nitrogens with zero attached hydrogens (tertiary/aromatic N) is 3. The highest BCUT2D eigenvalue weighted by molar-refractivity contribution is 5.77. The monoisotopic (exact) mass is 1290 g/mol. The third-order valence-corrected chi connectivity index (χ3v) is 16.9. The summed E-state index contributed by atoms with van der Waals surface area (Å²) in [4.78, 5) is 44.2. The van der Waals surface area contributed by atoms with Crippen LogP contribution in [0.15, 0.2) is 36.3 Å². The second kappa shape index (κ2) is 32.5. The normalized spacial score (nSPS) is 35.2. The molecular weight excluding hydrogens is 1140 g/mol. The summed E-state index contributed by atoms with van der Waals surface area (Å²) in [6, 6.07) is -7.57. The van der Waals surface area contributed by atoms with Gasteiger partial charge in [-0.2, -0.15) is 0 Å². The lowest BCUT2D eigenvalue weighted by Crippen LogP contribution is -2.51. The quantitative estimate of drug-likeness (QED) is 0.0666. The van der Waals surface area contributed by atoms with E-state index in [-0.39, 0.29) is 152 Å². The number of hydrogen-bond donors (Lipinski definition) is 3. The van der Waals surface area contributed by atoms with Crippen molar-refractivity contribution in [3.63, 3.8) is 0 Å². The SMILES string of the molecule is [2H]c1c2c(c([2H])c(OC)c1OC([2H])([2H])[2H])C1CC([2H])(OC(=O)[C@@H](N)C(C)C)C(C([2H])([2H])C([2H])(C)C([2H])([2H])[2H])CN1CC2.[2H]c1c2c(c([2H])c(OC)c1OC)C1([2H])CC(OC(=O)[C@@H](N)C(C)C)C(C([2H])([2H])C([2H])(C)C([2H])([2H])[2H])CN1CC2.[2H]c1c2c(c([2H])c(OC)c1OC)C1CC([2H])(OC(=O)[C@@H](N)C(C)C)C(C([2H])([2H])C([2H])(C)C([2H])([2H])[2H])CN1CC2. The number of esters is 3. The smallest absolute Gasteiger partial charge is 0.323 e. The molecule has 6 aliphatic heterocycles. The Balaban J connectivity index is 0.000000248. The molecule has 0 saturated carbocycles. The standard InChI is InChI=1S/3C24H38N2O4/c3*1-14(2)9-17-13-26-8-7-16-10-21(28-5)22(29-6)11-18(16)19(26)12-20(17)30-24(27)23(25)15(3)4/h3*10-11,14-15,17,19-20,23H,7-9,12-13,25H2,1-6H3/t3*17?,19?,20?,23-/m000/s1/i1D3,5D3,9D2,10D,11D,14D,20D;1D3,9D2,10D,11D,14D,20D;1D3,9D2,10D,11D,14D,19D/t3*14?,17?,19?,20?,23-. The lowest BCUT2D eigenvalue weighted by Gasteiger charge is -2.47. The highest BCUT2D eigenvalue weighted by Crippen LogP contribution is 2.48. The fourth-order valence-electron chi connectivity index (χ4n) is 11.8. The molecule has 504 valence electrons. The molecule has 0 bridgehead atoms. The molecule has 3 fully saturated rings. The molecule has 12 unspecified atom stereocenters. The van der Waals surface area contributed by atoms with Crippen LogP contribution in [0.25, 0.3) is 0 Å². The first-order valence-electron chi connectivity index (χ1n) is 45.5. The Morgan fingerprint density at radius 1 is 0.500 bits per heavy atom. The van der Waals surface area contributed by atoms with Gasteiger partial charge in [0.05, 0.1) is 59.0 Å². The molecule has 0 aliphatic carbocycles. The predicted molar refractivity (Wildman–Crippen MR) is 353 cm³/mol. The van der Waals surface area contributed by atoms with Gasteiger partial charge in [0.25, 0.3) is 0 Å². The van der Waals surface area contributed by atoms with E-state index in [1.807, 2.05) is 0 Å². The van der Waals surface area contributed by atoms with Crippen molar-refractivity contribution in [2.45, 2.75) is 195 Å². The minimum Gasteiger partial charge on any atom is -0.493 e. The molecule has 0 amide bonds. The van der Waals surface area contributed by atoms with Crippen LogP contribution in [0.4, 0.5) is 0 Å². The minimum absolute atomic E-state index is 0.0244. The minimum atomic E-state index is -3.10. The van der Waals surface area contributed by atoms with Crippen molar-refractivity contribution < 1.29 is 98.1 Å². The van der Waals surface area contributed by atoms with Gasteiger partial charge in [-0.3, -0.25) is 29.1 Å². The first-order valence-corrected chi connectivity index (χ1v) is 30.5. The fraction of sp³-hybridized carbons (Fsp3) is 0.708. The number of hydrogen-bond acceptors (Lipinski definition) is 18. The van der Waals surface area contributed by atoms with Gasteiger partial charge in [0, 0.05) is 119 Å². The van der Waals surface area contributed by atoms with E-state index in [1.165, 1.54) is 35.5 Å². The molecule has 3 aromatic carbocycles. The van der Waals surface area contributed by atoms with E-state index >= 15 is 0 Å². The third kappa shape index (κ3) is 17.5. The van der Waals surface area contributed by atoms with Crippen molar-refractivity contribution in [2.24, 2.45) is 70.4 Å². The zero-order valence-corrected chi connectivity index (χ0v) is 54.4. The number of carbonyl (C=O) groups excluding carboxylic acids is 3. The molecule has 90 heavy (non-hydrogen) atoms. The Bertz CT molecular complexity index is 4260. The summed E-state index contributed by atoms with van der Waals surface area (Å²) in [7, 11) is 3.66. The van der Waals surface area contributed by atoms with E-state index in [1.54, 1.807) is 56.2 Å². The Morgan fingerprint density at radius 3 is 1.21 bits per heavy atom. The van der Waals surface area contributed by atoms with E-state index in [4.69, 9.17) is 96.8 Å². The summed E-state index contributed by atoms with van der Waals surface area (Å²) >= 11 is 0. The van der Waals surface area contributed by atoms with Crippen LogP contribution < -0.4 is 45.6 Å². The maximum atomic E-state index is 13.1. The Morgan fingerprint density at radius 2 is 0.833 bits per heavy atom. The maximum absolute atomic E-state index is 13.1. The molecule has 15 atom stereocenters. The van der Waals surface area contributed by atoms with Gasteiger partial charge in [-0.1, -0.05) is 82.9 Å². The summed E-state index contributed by atoms with van der Waals surface area (Å²) < 4.78 is 302. The van der Waals surface area contributed by atoms with E-state index in [0.717, 1.165) is 20.8 Å². The lowest BCUT2D eigenvalue weighted by atomic mass is 9.79. The average Bonchev–Trinajstić information content (AvgIpc) is 0.715. The van der Waals surface area contributed by atoms with Crippen LogP contribution in [0.5, 0.6) is 34.5 Å². The summed E-state index contributed by atoms with van der Waals surface area (Å²) in [6.07, 6.45) is -14.9. The number of carbonyl (C=O) groups is 3. The molecular formula is C72H114N6O12. The van der Waals surface area contributed by atoms with Crippen LogP contribution in [-0.4, -0.2) is 151 Å². The number of rotatable bonds is 21. The van der Waals surface area contributed by atoms with Crippen molar-refractivity contribution in [1.82, 2.24) is 14.7 Å². The van der Waals surface area contributed by atoms with Crippen LogP contribution in [0.2, 0.25) is 0 Å². The summed E-state index contributed by atoms with van der Waals surface area (Å²) in [6.45, 7) is 3.76. The average molecular weight is 1290 g/mol. The van der Waals surface area contributed by atoms with Crippen molar-refractivity contribution in [1.29, 1.82) is 0 Å². The fourth-order valence-corrected chi connectivity index (χ4v) is 11.8. The Kier molecular flexibility index (Phi) is 14.7. The molecule has 0 aromatic heterocycles. The second-order valence-corrected chi connectivity index (χ2v) is 24.3. The van der Waals surface area contributed by atoms with Gasteiger partial charge in [-0.15, -0.1) is 0 Å². The lowest BCUT2D eigenvalue weighted by molar-refractivity contribution is -0.161. The topological polar surface area (TPSA) is 222 Å². The van der Waals surface area contributed by atoms with Crippen LogP contribution in [0.1, 0.15) is 214 Å².